The summed E-state index contributed by atoms with van der Waals surface area (Å²) in [4.78, 5) is 0. The van der Waals surface area contributed by atoms with Gasteiger partial charge in [-0.15, -0.1) is 0 Å². The molecule has 4 aromatic rings. The summed E-state index contributed by atoms with van der Waals surface area (Å²) in [6.07, 6.45) is 13.4. The fourth-order valence-electron chi connectivity index (χ4n) is 5.83. The Labute approximate surface area is 251 Å². The molecule has 43 heavy (non-hydrogen) atoms. The summed E-state index contributed by atoms with van der Waals surface area (Å²) < 4.78 is 78.5. The lowest BCUT2D eigenvalue weighted by Crippen LogP contribution is -2.24. The van der Waals surface area contributed by atoms with Crippen LogP contribution < -0.4 is 9.47 Å². The molecule has 0 spiro atoms. The van der Waals surface area contributed by atoms with Crippen LogP contribution in [0.3, 0.4) is 0 Å². The smallest absolute Gasteiger partial charge is 0.205 e. The van der Waals surface area contributed by atoms with Crippen LogP contribution in [-0.4, -0.2) is 12.2 Å². The van der Waals surface area contributed by atoms with Gasteiger partial charge in [-0.3, -0.25) is 0 Å². The maximum Gasteiger partial charge on any atom is 0.205 e. The van der Waals surface area contributed by atoms with Gasteiger partial charge < -0.3 is 18.3 Å². The van der Waals surface area contributed by atoms with Crippen LogP contribution in [0.4, 0.5) is 17.6 Å². The minimum atomic E-state index is -0.973. The molecular weight excluding hydrogens is 560 g/mol. The van der Waals surface area contributed by atoms with Gasteiger partial charge in [-0.25, -0.2) is 0 Å². The van der Waals surface area contributed by atoms with E-state index in [4.69, 9.17) is 18.3 Å². The minimum absolute atomic E-state index is 0. The van der Waals surface area contributed by atoms with Gasteiger partial charge in [-0.1, -0.05) is 53.0 Å². The Bertz CT molecular complexity index is 1600. The molecule has 0 fully saturated rings. The Morgan fingerprint density at radius 3 is 1.95 bits per heavy atom. The normalized spacial score (nSPS) is 17.0. The fourth-order valence-corrected chi connectivity index (χ4v) is 5.83. The molecule has 2 aliphatic heterocycles. The molecule has 2 atom stereocenters. The standard InChI is InChI=1S/C17H20F2O2.C17H18F2O2.CH4/c2*1-3-4-5-6-11-7-8-12-13-9-10(2)20-17(13)15(19)14(18)16(12)21-11;/h9,11H,3-8H2,1-2H3;7-9,11H,3-6H2,1-2H3;1H4. The maximum absolute atomic E-state index is 14.2. The van der Waals surface area contributed by atoms with E-state index in [1.165, 1.54) is 0 Å². The molecule has 6 rings (SSSR count). The van der Waals surface area contributed by atoms with Crippen LogP contribution in [0, 0.1) is 37.1 Å². The highest BCUT2D eigenvalue weighted by Gasteiger charge is 2.30. The van der Waals surface area contributed by atoms with Crippen LogP contribution in [0.2, 0.25) is 0 Å². The van der Waals surface area contributed by atoms with Crippen molar-refractivity contribution < 1.29 is 35.9 Å². The molecular formula is C35H42F4O4. The minimum Gasteiger partial charge on any atom is -0.487 e. The van der Waals surface area contributed by atoms with E-state index in [0.717, 1.165) is 63.4 Å². The fraction of sp³-hybridized carbons (Fsp3) is 0.486. The van der Waals surface area contributed by atoms with Crippen molar-refractivity contribution in [3.8, 4) is 11.5 Å². The third-order valence-corrected chi connectivity index (χ3v) is 8.00. The van der Waals surface area contributed by atoms with Gasteiger partial charge in [0.1, 0.15) is 17.6 Å². The number of benzene rings is 2. The number of furan rings is 2. The number of aryl methyl sites for hydroxylation is 3. The predicted molar refractivity (Wildman–Crippen MR) is 163 cm³/mol. The second-order valence-corrected chi connectivity index (χ2v) is 11.3. The summed E-state index contributed by atoms with van der Waals surface area (Å²) in [5.41, 5.74) is 1.28. The number of halogens is 4. The lowest BCUT2D eigenvalue weighted by Gasteiger charge is -2.27. The number of fused-ring (bicyclic) bond motifs is 6. The van der Waals surface area contributed by atoms with E-state index in [1.54, 1.807) is 26.0 Å². The highest BCUT2D eigenvalue weighted by molar-refractivity contribution is 5.91. The lowest BCUT2D eigenvalue weighted by atomic mass is 9.96. The number of hydrogen-bond donors (Lipinski definition) is 0. The average molecular weight is 603 g/mol. The van der Waals surface area contributed by atoms with Gasteiger partial charge in [0.15, 0.2) is 22.7 Å². The molecule has 0 amide bonds. The summed E-state index contributed by atoms with van der Waals surface area (Å²) in [5.74, 6) is -2.55. The molecule has 0 bridgehead atoms. The van der Waals surface area contributed by atoms with E-state index in [0.29, 0.717) is 34.3 Å². The number of rotatable bonds is 8. The second-order valence-electron chi connectivity index (χ2n) is 11.3. The molecule has 0 saturated carbocycles. The first-order chi connectivity index (χ1) is 20.2. The van der Waals surface area contributed by atoms with Crippen LogP contribution in [-0.2, 0) is 6.42 Å². The zero-order valence-corrected chi connectivity index (χ0v) is 24.7. The number of ether oxygens (including phenoxy) is 2. The summed E-state index contributed by atoms with van der Waals surface area (Å²) in [5, 5.41) is 1.21. The summed E-state index contributed by atoms with van der Waals surface area (Å²) in [6.45, 7) is 7.72. The average Bonchev–Trinajstić information content (AvgIpc) is 3.58. The van der Waals surface area contributed by atoms with E-state index < -0.39 is 23.3 Å². The number of hydrogen-bond acceptors (Lipinski definition) is 4. The molecule has 4 nitrogen and oxygen atoms in total. The molecule has 4 heterocycles. The first-order valence-electron chi connectivity index (χ1n) is 15.1. The molecule has 0 radical (unpaired) electrons. The number of unbranched alkanes of at least 4 members (excludes halogenated alkanes) is 4. The van der Waals surface area contributed by atoms with Crippen molar-refractivity contribution in [3.05, 3.63) is 64.1 Å². The van der Waals surface area contributed by atoms with Gasteiger partial charge in [0.25, 0.3) is 0 Å². The Morgan fingerprint density at radius 2 is 1.30 bits per heavy atom. The van der Waals surface area contributed by atoms with Crippen molar-refractivity contribution in [2.45, 2.75) is 112 Å². The van der Waals surface area contributed by atoms with Crippen LogP contribution >= 0.6 is 0 Å². The Kier molecular flexibility index (Phi) is 10.5. The first-order valence-corrected chi connectivity index (χ1v) is 15.1. The molecule has 2 aliphatic rings. The maximum atomic E-state index is 14.2. The van der Waals surface area contributed by atoms with Crippen LogP contribution in [0.25, 0.3) is 28.0 Å². The summed E-state index contributed by atoms with van der Waals surface area (Å²) in [7, 11) is 0. The van der Waals surface area contributed by atoms with E-state index in [1.807, 2.05) is 12.2 Å². The largest absolute Gasteiger partial charge is 0.487 e. The van der Waals surface area contributed by atoms with Crippen molar-refractivity contribution in [2.75, 3.05) is 0 Å². The van der Waals surface area contributed by atoms with E-state index >= 15 is 0 Å². The Morgan fingerprint density at radius 1 is 0.721 bits per heavy atom. The Balaban J connectivity index is 0.000000192. The summed E-state index contributed by atoms with van der Waals surface area (Å²) >= 11 is 0. The van der Waals surface area contributed by atoms with Gasteiger partial charge in [-0.05, 0) is 70.6 Å². The third-order valence-electron chi connectivity index (χ3n) is 8.00. The zero-order valence-electron chi connectivity index (χ0n) is 24.7. The van der Waals surface area contributed by atoms with E-state index in [2.05, 4.69) is 13.8 Å². The quantitative estimate of drug-likeness (QED) is 0.149. The van der Waals surface area contributed by atoms with Gasteiger partial charge in [0, 0.05) is 21.9 Å². The van der Waals surface area contributed by atoms with Gasteiger partial charge in [0.05, 0.1) is 6.10 Å². The SMILES string of the molecule is C.CCCCCC1C=Cc2c(c(F)c(F)c3oc(C)cc23)O1.CCCCCC1CCc2c(c(F)c(F)c3oc(C)cc23)O1. The molecule has 0 saturated heterocycles. The lowest BCUT2D eigenvalue weighted by molar-refractivity contribution is 0.151. The molecule has 0 N–H and O–H groups in total. The monoisotopic (exact) mass is 602 g/mol. The predicted octanol–water partition coefficient (Wildman–Crippen LogP) is 11.3. The van der Waals surface area contributed by atoms with Crippen molar-refractivity contribution in [2.24, 2.45) is 0 Å². The van der Waals surface area contributed by atoms with Crippen molar-refractivity contribution in [1.82, 2.24) is 0 Å². The van der Waals surface area contributed by atoms with Gasteiger partial charge in [0.2, 0.25) is 23.3 Å². The Hall–Kier alpha value is -3.42. The van der Waals surface area contributed by atoms with Crippen LogP contribution in [0.1, 0.15) is 102 Å². The van der Waals surface area contributed by atoms with Crippen LogP contribution in [0.15, 0.2) is 27.0 Å². The third kappa shape index (κ3) is 6.58. The zero-order chi connectivity index (χ0) is 30.0. The first kappa shape index (κ1) is 32.5. The van der Waals surface area contributed by atoms with Gasteiger partial charge in [-0.2, -0.15) is 17.6 Å². The molecule has 8 heteroatoms. The second kappa shape index (κ2) is 13.9. The molecule has 2 aromatic heterocycles. The van der Waals surface area contributed by atoms with Gasteiger partial charge >= 0.3 is 0 Å². The van der Waals surface area contributed by atoms with Crippen molar-refractivity contribution >= 4 is 28.0 Å². The molecule has 2 unspecified atom stereocenters. The van der Waals surface area contributed by atoms with Crippen LogP contribution in [0.5, 0.6) is 11.5 Å². The highest BCUT2D eigenvalue weighted by Crippen LogP contribution is 2.41. The molecule has 2 aromatic carbocycles. The van der Waals surface area contributed by atoms with E-state index in [9.17, 15) is 17.6 Å². The van der Waals surface area contributed by atoms with Crippen molar-refractivity contribution in [1.29, 1.82) is 0 Å². The van der Waals surface area contributed by atoms with E-state index in [-0.39, 0.29) is 42.3 Å². The highest BCUT2D eigenvalue weighted by atomic mass is 19.2. The molecule has 234 valence electrons. The summed E-state index contributed by atoms with van der Waals surface area (Å²) in [6, 6.07) is 3.47. The van der Waals surface area contributed by atoms with Crippen molar-refractivity contribution in [3.63, 3.8) is 0 Å². The topological polar surface area (TPSA) is 44.7 Å². The molecule has 0 aliphatic carbocycles.